The molecule has 0 aliphatic rings. The van der Waals surface area contributed by atoms with E-state index in [-0.39, 0.29) is 0 Å². The van der Waals surface area contributed by atoms with Crippen LogP contribution in [0.3, 0.4) is 0 Å². The monoisotopic (exact) mass is 256 g/mol. The number of hydrogen-bond acceptors (Lipinski definition) is 4. The van der Waals surface area contributed by atoms with Crippen molar-refractivity contribution < 1.29 is 0 Å². The second kappa shape index (κ2) is 4.27. The van der Waals surface area contributed by atoms with E-state index in [1.807, 2.05) is 49.0 Å². The number of aromatic nitrogens is 3. The molecule has 2 aromatic heterocycles. The molecule has 18 heavy (non-hydrogen) atoms. The summed E-state index contributed by atoms with van der Waals surface area (Å²) >= 11 is 1.59. The van der Waals surface area contributed by atoms with Gasteiger partial charge in [-0.25, -0.2) is 4.98 Å². The summed E-state index contributed by atoms with van der Waals surface area (Å²) in [5, 5.41) is 7.30. The van der Waals surface area contributed by atoms with Gasteiger partial charge in [0.15, 0.2) is 0 Å². The Morgan fingerprint density at radius 3 is 2.83 bits per heavy atom. The van der Waals surface area contributed by atoms with Gasteiger partial charge in [0.1, 0.15) is 10.7 Å². The van der Waals surface area contributed by atoms with Gasteiger partial charge in [-0.1, -0.05) is 12.1 Å². The molecule has 3 aromatic rings. The summed E-state index contributed by atoms with van der Waals surface area (Å²) in [5.41, 5.74) is 9.40. The minimum Gasteiger partial charge on any atom is -0.399 e. The van der Waals surface area contributed by atoms with Crippen LogP contribution in [0, 0.1) is 0 Å². The van der Waals surface area contributed by atoms with Crippen molar-refractivity contribution in [2.75, 3.05) is 5.73 Å². The quantitative estimate of drug-likeness (QED) is 0.717. The molecule has 0 bridgehead atoms. The van der Waals surface area contributed by atoms with Crippen molar-refractivity contribution in [2.24, 2.45) is 7.05 Å². The zero-order valence-electron chi connectivity index (χ0n) is 9.87. The fraction of sp³-hybridized carbons (Fsp3) is 0.0769. The predicted octanol–water partition coefficient (Wildman–Crippen LogP) is 2.79. The van der Waals surface area contributed by atoms with Crippen LogP contribution in [0.1, 0.15) is 0 Å². The van der Waals surface area contributed by atoms with Crippen molar-refractivity contribution in [1.82, 2.24) is 14.8 Å². The van der Waals surface area contributed by atoms with Gasteiger partial charge in [-0.05, 0) is 18.2 Å². The summed E-state index contributed by atoms with van der Waals surface area (Å²) in [5.74, 6) is 0. The third-order valence-corrected chi connectivity index (χ3v) is 3.48. The van der Waals surface area contributed by atoms with Crippen molar-refractivity contribution in [2.45, 2.75) is 0 Å². The molecular weight excluding hydrogens is 244 g/mol. The number of aryl methyl sites for hydroxylation is 1. The lowest BCUT2D eigenvalue weighted by molar-refractivity contribution is 0.770. The van der Waals surface area contributed by atoms with E-state index < -0.39 is 0 Å². The normalized spacial score (nSPS) is 10.7. The maximum atomic E-state index is 5.78. The zero-order chi connectivity index (χ0) is 12.5. The van der Waals surface area contributed by atoms with Gasteiger partial charge >= 0.3 is 0 Å². The third-order valence-electron chi connectivity index (χ3n) is 2.62. The molecule has 0 unspecified atom stereocenters. The number of nitrogens with two attached hydrogens (primary N) is 1. The minimum atomic E-state index is 0.750. The van der Waals surface area contributed by atoms with E-state index in [4.69, 9.17) is 5.73 Å². The second-order valence-corrected chi connectivity index (χ2v) is 4.90. The Morgan fingerprint density at radius 1 is 1.22 bits per heavy atom. The number of thiazole rings is 1. The van der Waals surface area contributed by atoms with Crippen LogP contribution in [0.4, 0.5) is 5.69 Å². The standard InChI is InChI=1S/C13H12N4S/c1-17-6-5-11(16-17)13-15-12(8-18-13)9-3-2-4-10(14)7-9/h2-8H,14H2,1H3. The number of anilines is 1. The number of rotatable bonds is 2. The van der Waals surface area contributed by atoms with Crippen molar-refractivity contribution >= 4 is 17.0 Å². The van der Waals surface area contributed by atoms with E-state index in [1.165, 1.54) is 0 Å². The molecule has 1 aromatic carbocycles. The molecule has 0 aliphatic carbocycles. The third kappa shape index (κ3) is 2.00. The SMILES string of the molecule is Cn1ccc(-c2nc(-c3cccc(N)c3)cs2)n1. The fourth-order valence-corrected chi connectivity index (χ4v) is 2.54. The van der Waals surface area contributed by atoms with Crippen molar-refractivity contribution in [1.29, 1.82) is 0 Å². The van der Waals surface area contributed by atoms with Crippen LogP contribution in [-0.4, -0.2) is 14.8 Å². The van der Waals surface area contributed by atoms with Gasteiger partial charge in [-0.15, -0.1) is 11.3 Å². The molecular formula is C13H12N4S. The molecule has 0 aliphatic heterocycles. The van der Waals surface area contributed by atoms with Gasteiger partial charge in [0, 0.05) is 29.9 Å². The Morgan fingerprint density at radius 2 is 2.11 bits per heavy atom. The zero-order valence-corrected chi connectivity index (χ0v) is 10.7. The molecule has 0 amide bonds. The number of hydrogen-bond donors (Lipinski definition) is 1. The highest BCUT2D eigenvalue weighted by atomic mass is 32.1. The minimum absolute atomic E-state index is 0.750. The lowest BCUT2D eigenvalue weighted by Crippen LogP contribution is -1.88. The van der Waals surface area contributed by atoms with Crippen LogP contribution in [0.5, 0.6) is 0 Å². The van der Waals surface area contributed by atoms with Crippen LogP contribution in [0.2, 0.25) is 0 Å². The molecule has 4 nitrogen and oxygen atoms in total. The summed E-state index contributed by atoms with van der Waals surface area (Å²) in [6.07, 6.45) is 1.91. The Hall–Kier alpha value is -2.14. The first-order valence-electron chi connectivity index (χ1n) is 5.54. The molecule has 5 heteroatoms. The van der Waals surface area contributed by atoms with E-state index in [0.29, 0.717) is 0 Å². The van der Waals surface area contributed by atoms with Gasteiger partial charge < -0.3 is 5.73 Å². The predicted molar refractivity (Wildman–Crippen MR) is 74.2 cm³/mol. The number of nitrogens with zero attached hydrogens (tertiary/aromatic N) is 3. The molecule has 0 atom stereocenters. The Labute approximate surface area is 109 Å². The van der Waals surface area contributed by atoms with Crippen LogP contribution in [0.15, 0.2) is 41.9 Å². The molecule has 0 fully saturated rings. The second-order valence-electron chi connectivity index (χ2n) is 4.04. The summed E-state index contributed by atoms with van der Waals surface area (Å²) in [7, 11) is 1.90. The largest absolute Gasteiger partial charge is 0.399 e. The molecule has 0 radical (unpaired) electrons. The first-order chi connectivity index (χ1) is 8.72. The topological polar surface area (TPSA) is 56.7 Å². The average Bonchev–Trinajstić information content (AvgIpc) is 2.97. The summed E-state index contributed by atoms with van der Waals surface area (Å²) in [6.45, 7) is 0. The van der Waals surface area contributed by atoms with Crippen molar-refractivity contribution in [3.8, 4) is 22.0 Å². The highest BCUT2D eigenvalue weighted by Crippen LogP contribution is 2.28. The summed E-state index contributed by atoms with van der Waals surface area (Å²) < 4.78 is 1.77. The number of nitrogen functional groups attached to an aromatic ring is 1. The molecule has 90 valence electrons. The lowest BCUT2D eigenvalue weighted by atomic mass is 10.1. The van der Waals surface area contributed by atoms with E-state index >= 15 is 0 Å². The first-order valence-corrected chi connectivity index (χ1v) is 6.42. The van der Waals surface area contributed by atoms with Crippen molar-refractivity contribution in [3.63, 3.8) is 0 Å². The molecule has 3 rings (SSSR count). The van der Waals surface area contributed by atoms with Gasteiger partial charge in [0.25, 0.3) is 0 Å². The Bertz CT molecular complexity index is 684. The van der Waals surface area contributed by atoms with Crippen molar-refractivity contribution in [3.05, 3.63) is 41.9 Å². The molecule has 2 N–H and O–H groups in total. The van der Waals surface area contributed by atoms with Crippen LogP contribution < -0.4 is 5.73 Å². The fourth-order valence-electron chi connectivity index (χ4n) is 1.75. The van der Waals surface area contributed by atoms with Gasteiger partial charge in [-0.2, -0.15) is 5.10 Å². The smallest absolute Gasteiger partial charge is 0.144 e. The highest BCUT2D eigenvalue weighted by molar-refractivity contribution is 7.13. The summed E-state index contributed by atoms with van der Waals surface area (Å²) in [6, 6.07) is 9.70. The Kier molecular flexibility index (Phi) is 2.60. The van der Waals surface area contributed by atoms with Gasteiger partial charge in [0.05, 0.1) is 5.69 Å². The molecule has 0 saturated carbocycles. The average molecular weight is 256 g/mol. The maximum absolute atomic E-state index is 5.78. The highest BCUT2D eigenvalue weighted by Gasteiger charge is 2.08. The van der Waals surface area contributed by atoms with E-state index in [9.17, 15) is 0 Å². The van der Waals surface area contributed by atoms with Crippen LogP contribution >= 0.6 is 11.3 Å². The van der Waals surface area contributed by atoms with E-state index in [0.717, 1.165) is 27.6 Å². The Balaban J connectivity index is 1.99. The van der Waals surface area contributed by atoms with Gasteiger partial charge in [-0.3, -0.25) is 4.68 Å². The molecule has 0 spiro atoms. The van der Waals surface area contributed by atoms with Crippen LogP contribution in [-0.2, 0) is 7.05 Å². The van der Waals surface area contributed by atoms with E-state index in [2.05, 4.69) is 10.1 Å². The lowest BCUT2D eigenvalue weighted by Gasteiger charge is -1.97. The molecule has 2 heterocycles. The maximum Gasteiger partial charge on any atom is 0.144 e. The summed E-state index contributed by atoms with van der Waals surface area (Å²) in [4.78, 5) is 4.59. The van der Waals surface area contributed by atoms with E-state index in [1.54, 1.807) is 16.0 Å². The first kappa shape index (κ1) is 11.0. The number of benzene rings is 1. The van der Waals surface area contributed by atoms with Gasteiger partial charge in [0.2, 0.25) is 0 Å². The molecule has 0 saturated heterocycles. The van der Waals surface area contributed by atoms with Crippen LogP contribution in [0.25, 0.3) is 22.0 Å².